The Hall–Kier alpha value is -0.770. The molecule has 0 spiro atoms. The van der Waals surface area contributed by atoms with E-state index in [1.165, 1.54) is 0 Å². The Morgan fingerprint density at radius 2 is 2.12 bits per heavy atom. The van der Waals surface area contributed by atoms with E-state index < -0.39 is 0 Å². The monoisotopic (exact) mass is 276 g/mol. The summed E-state index contributed by atoms with van der Waals surface area (Å²) in [5, 5.41) is 6.37. The number of aryl methyl sites for hydroxylation is 1. The van der Waals surface area contributed by atoms with Crippen molar-refractivity contribution in [3.8, 4) is 0 Å². The molecule has 17 heavy (non-hydrogen) atoms. The zero-order valence-corrected chi connectivity index (χ0v) is 11.8. The fourth-order valence-corrected chi connectivity index (χ4v) is 1.57. The molecule has 1 atom stereocenters. The van der Waals surface area contributed by atoms with Crippen LogP contribution in [0.15, 0.2) is 18.2 Å². The third-order valence-electron chi connectivity index (χ3n) is 2.43. The number of amides is 1. The summed E-state index contributed by atoms with van der Waals surface area (Å²) in [6, 6.07) is 5.66. The molecule has 0 saturated heterocycles. The minimum absolute atomic E-state index is 0. The fraction of sp³-hybridized carbons (Fsp3) is 0.417. The first-order valence-corrected chi connectivity index (χ1v) is 5.64. The molecule has 0 aliphatic carbocycles. The second-order valence-electron chi connectivity index (χ2n) is 3.88. The molecule has 5 heteroatoms. The summed E-state index contributed by atoms with van der Waals surface area (Å²) >= 11 is 6.00. The second-order valence-corrected chi connectivity index (χ2v) is 4.29. The van der Waals surface area contributed by atoms with E-state index >= 15 is 0 Å². The largest absolute Gasteiger partial charge is 0.350 e. The summed E-state index contributed by atoms with van der Waals surface area (Å²) < 4.78 is 0. The van der Waals surface area contributed by atoms with Gasteiger partial charge in [0.2, 0.25) is 0 Å². The number of hydrogen-bond donors (Lipinski definition) is 2. The summed E-state index contributed by atoms with van der Waals surface area (Å²) in [5.74, 6) is -0.132. The van der Waals surface area contributed by atoms with Crippen LogP contribution < -0.4 is 10.6 Å². The number of halogens is 2. The number of likely N-dealkylation sites (N-methyl/N-ethyl adjacent to an activating group) is 1. The number of carbonyl (C=O) groups excluding carboxylic acids is 1. The molecule has 1 rings (SSSR count). The van der Waals surface area contributed by atoms with Gasteiger partial charge in [-0.2, -0.15) is 0 Å². The van der Waals surface area contributed by atoms with Crippen LogP contribution >= 0.6 is 24.0 Å². The van der Waals surface area contributed by atoms with Crippen molar-refractivity contribution in [1.29, 1.82) is 0 Å². The lowest BCUT2D eigenvalue weighted by Gasteiger charge is -2.12. The van der Waals surface area contributed by atoms with Crippen LogP contribution in [0.25, 0.3) is 0 Å². The van der Waals surface area contributed by atoms with Crippen molar-refractivity contribution in [3.05, 3.63) is 34.3 Å². The van der Waals surface area contributed by atoms with Gasteiger partial charge in [0.05, 0.1) is 10.6 Å². The molecule has 0 radical (unpaired) electrons. The maximum atomic E-state index is 11.8. The van der Waals surface area contributed by atoms with Gasteiger partial charge in [-0.15, -0.1) is 12.4 Å². The van der Waals surface area contributed by atoms with Crippen LogP contribution in [-0.2, 0) is 0 Å². The van der Waals surface area contributed by atoms with Crippen LogP contribution in [0, 0.1) is 6.92 Å². The van der Waals surface area contributed by atoms with Crippen LogP contribution in [0.1, 0.15) is 22.8 Å². The normalized spacial score (nSPS) is 11.5. The van der Waals surface area contributed by atoms with Crippen molar-refractivity contribution in [1.82, 2.24) is 10.6 Å². The van der Waals surface area contributed by atoms with E-state index in [0.29, 0.717) is 17.1 Å². The van der Waals surface area contributed by atoms with Gasteiger partial charge < -0.3 is 10.6 Å². The highest BCUT2D eigenvalue weighted by Gasteiger charge is 2.10. The van der Waals surface area contributed by atoms with Gasteiger partial charge in [0, 0.05) is 12.6 Å². The summed E-state index contributed by atoms with van der Waals surface area (Å²) in [7, 11) is 1.86. The molecule has 1 amide bonds. The quantitative estimate of drug-likeness (QED) is 0.887. The lowest BCUT2D eigenvalue weighted by Crippen LogP contribution is -2.37. The smallest absolute Gasteiger partial charge is 0.252 e. The average Bonchev–Trinajstić information content (AvgIpc) is 2.25. The second kappa shape index (κ2) is 7.54. The standard InChI is InChI=1S/C12H17ClN2O.ClH/c1-8-4-5-10(11(13)6-8)12(16)15-7-9(2)14-3;/h4-6,9,14H,7H2,1-3H3,(H,15,16);1H. The van der Waals surface area contributed by atoms with Crippen molar-refractivity contribution in [2.75, 3.05) is 13.6 Å². The Bertz CT molecular complexity index is 383. The van der Waals surface area contributed by atoms with Gasteiger partial charge in [-0.3, -0.25) is 4.79 Å². The van der Waals surface area contributed by atoms with Crippen molar-refractivity contribution in [2.24, 2.45) is 0 Å². The molecule has 1 aromatic rings. The van der Waals surface area contributed by atoms with E-state index in [1.54, 1.807) is 12.1 Å². The van der Waals surface area contributed by atoms with E-state index in [0.717, 1.165) is 5.56 Å². The minimum atomic E-state index is -0.132. The highest BCUT2D eigenvalue weighted by atomic mass is 35.5. The number of nitrogens with one attached hydrogen (secondary N) is 2. The number of hydrogen-bond acceptors (Lipinski definition) is 2. The third kappa shape index (κ3) is 4.94. The maximum Gasteiger partial charge on any atom is 0.252 e. The summed E-state index contributed by atoms with van der Waals surface area (Å²) in [5.41, 5.74) is 1.57. The third-order valence-corrected chi connectivity index (χ3v) is 2.74. The average molecular weight is 277 g/mol. The molecule has 0 fully saturated rings. The van der Waals surface area contributed by atoms with Crippen molar-refractivity contribution in [2.45, 2.75) is 19.9 Å². The number of rotatable bonds is 4. The van der Waals surface area contributed by atoms with Gasteiger partial charge in [-0.05, 0) is 38.6 Å². The van der Waals surface area contributed by atoms with Crippen molar-refractivity contribution >= 4 is 29.9 Å². The predicted octanol–water partition coefficient (Wildman–Crippen LogP) is 2.41. The van der Waals surface area contributed by atoms with E-state index in [1.807, 2.05) is 27.0 Å². The topological polar surface area (TPSA) is 41.1 Å². The van der Waals surface area contributed by atoms with E-state index in [9.17, 15) is 4.79 Å². The Morgan fingerprint density at radius 1 is 1.47 bits per heavy atom. The molecule has 0 aliphatic heterocycles. The van der Waals surface area contributed by atoms with Crippen LogP contribution in [-0.4, -0.2) is 25.5 Å². The van der Waals surface area contributed by atoms with E-state index in [-0.39, 0.29) is 24.4 Å². The van der Waals surface area contributed by atoms with Crippen LogP contribution in [0.5, 0.6) is 0 Å². The molecule has 3 nitrogen and oxygen atoms in total. The SMILES string of the molecule is CNC(C)CNC(=O)c1ccc(C)cc1Cl.Cl. The summed E-state index contributed by atoms with van der Waals surface area (Å²) in [4.78, 5) is 11.8. The molecule has 0 bridgehead atoms. The molecular formula is C12H18Cl2N2O. The van der Waals surface area contributed by atoms with Gasteiger partial charge in [0.1, 0.15) is 0 Å². The zero-order valence-electron chi connectivity index (χ0n) is 10.2. The first-order chi connectivity index (χ1) is 7.54. The van der Waals surface area contributed by atoms with Gasteiger partial charge in [-0.1, -0.05) is 17.7 Å². The number of benzene rings is 1. The first-order valence-electron chi connectivity index (χ1n) is 5.26. The Morgan fingerprint density at radius 3 is 2.65 bits per heavy atom. The van der Waals surface area contributed by atoms with Crippen molar-refractivity contribution < 1.29 is 4.79 Å². The molecule has 1 aromatic carbocycles. The van der Waals surface area contributed by atoms with Gasteiger partial charge in [0.25, 0.3) is 5.91 Å². The lowest BCUT2D eigenvalue weighted by atomic mass is 10.1. The molecule has 0 aromatic heterocycles. The summed E-state index contributed by atoms with van der Waals surface area (Å²) in [6.07, 6.45) is 0. The van der Waals surface area contributed by atoms with Gasteiger partial charge in [0.15, 0.2) is 0 Å². The molecule has 96 valence electrons. The zero-order chi connectivity index (χ0) is 12.1. The van der Waals surface area contributed by atoms with Gasteiger partial charge in [-0.25, -0.2) is 0 Å². The van der Waals surface area contributed by atoms with Crippen molar-refractivity contribution in [3.63, 3.8) is 0 Å². The minimum Gasteiger partial charge on any atom is -0.350 e. The highest BCUT2D eigenvalue weighted by Crippen LogP contribution is 2.17. The van der Waals surface area contributed by atoms with Crippen LogP contribution in [0.2, 0.25) is 5.02 Å². The van der Waals surface area contributed by atoms with E-state index in [2.05, 4.69) is 10.6 Å². The first kappa shape index (κ1) is 16.2. The Balaban J connectivity index is 0.00000256. The Labute approximate surface area is 113 Å². The maximum absolute atomic E-state index is 11.8. The lowest BCUT2D eigenvalue weighted by molar-refractivity contribution is 0.0950. The van der Waals surface area contributed by atoms with Crippen LogP contribution in [0.3, 0.4) is 0 Å². The molecule has 0 aliphatic rings. The number of carbonyl (C=O) groups is 1. The summed E-state index contributed by atoms with van der Waals surface area (Å²) in [6.45, 7) is 4.52. The Kier molecular flexibility index (Phi) is 7.19. The predicted molar refractivity (Wildman–Crippen MR) is 74.3 cm³/mol. The highest BCUT2D eigenvalue weighted by molar-refractivity contribution is 6.33. The molecule has 2 N–H and O–H groups in total. The van der Waals surface area contributed by atoms with E-state index in [4.69, 9.17) is 11.6 Å². The fourth-order valence-electron chi connectivity index (χ4n) is 1.25. The molecule has 0 heterocycles. The molecular weight excluding hydrogens is 259 g/mol. The molecule has 0 saturated carbocycles. The molecule has 1 unspecified atom stereocenters. The van der Waals surface area contributed by atoms with Crippen LogP contribution in [0.4, 0.5) is 0 Å². The van der Waals surface area contributed by atoms with Gasteiger partial charge >= 0.3 is 0 Å².